The molecule has 0 aromatic heterocycles. The van der Waals surface area contributed by atoms with Crippen LogP contribution in [-0.2, 0) is 0 Å². The van der Waals surface area contributed by atoms with Gasteiger partial charge in [0.25, 0.3) is 0 Å². The molecule has 0 saturated heterocycles. The molecule has 0 atom stereocenters. The lowest BCUT2D eigenvalue weighted by atomic mass is 10.2. The standard InChI is InChI=1S/C8H6/c1-7-3-5-8(2)6-4-7/h3-5H,1H3. The Kier molecular flexibility index (Phi) is 1.34. The maximum Gasteiger partial charge on any atom is 0.0306 e. The van der Waals surface area contributed by atoms with Gasteiger partial charge in [-0.15, -0.1) is 0 Å². The van der Waals surface area contributed by atoms with Crippen LogP contribution in [0.25, 0.3) is 0 Å². The van der Waals surface area contributed by atoms with Crippen LogP contribution in [-0.4, -0.2) is 0 Å². The Morgan fingerprint density at radius 1 is 1.50 bits per heavy atom. The minimum absolute atomic E-state index is 0.454. The molecule has 8 heavy (non-hydrogen) atoms. The number of benzene rings is 1. The van der Waals surface area contributed by atoms with Gasteiger partial charge in [0.15, 0.2) is 0 Å². The van der Waals surface area contributed by atoms with E-state index in [1.807, 2.05) is 19.1 Å². The average molecular weight is 102 g/mol. The molecule has 1 aromatic rings. The van der Waals surface area contributed by atoms with Gasteiger partial charge in [-0.2, -0.15) is 0 Å². The average Bonchev–Trinajstić information content (AvgIpc) is 1.77. The predicted molar refractivity (Wildman–Crippen MR) is 32.4 cm³/mol. The van der Waals surface area contributed by atoms with Gasteiger partial charge < -0.3 is 0 Å². The molecule has 0 aliphatic rings. The molecule has 4 radical (unpaired) electrons. The molecule has 0 saturated carbocycles. The Balaban J connectivity index is 3.03. The fourth-order valence-corrected chi connectivity index (χ4v) is 0.503. The van der Waals surface area contributed by atoms with Crippen LogP contribution in [0, 0.1) is 19.9 Å². The van der Waals surface area contributed by atoms with Crippen LogP contribution in [0.3, 0.4) is 0 Å². The minimum Gasteiger partial charge on any atom is -0.0590 e. The van der Waals surface area contributed by atoms with Crippen molar-refractivity contribution < 1.29 is 0 Å². The third-order valence-electron chi connectivity index (χ3n) is 0.968. The quantitative estimate of drug-likeness (QED) is 0.468. The van der Waals surface area contributed by atoms with Crippen LogP contribution < -0.4 is 0 Å². The molecule has 0 heterocycles. The number of hydrogen-bond acceptors (Lipinski definition) is 0. The van der Waals surface area contributed by atoms with Crippen LogP contribution in [0.2, 0.25) is 0 Å². The molecule has 0 unspecified atom stereocenters. The summed E-state index contributed by atoms with van der Waals surface area (Å²) in [6, 6.07) is 8.21. The van der Waals surface area contributed by atoms with Crippen LogP contribution >= 0.6 is 0 Å². The summed E-state index contributed by atoms with van der Waals surface area (Å²) >= 11 is 0. The second-order valence-corrected chi connectivity index (χ2v) is 1.78. The summed E-state index contributed by atoms with van der Waals surface area (Å²) in [5, 5.41) is 0. The van der Waals surface area contributed by atoms with Gasteiger partial charge in [-0.05, 0) is 18.6 Å². The van der Waals surface area contributed by atoms with E-state index < -0.39 is 0 Å². The van der Waals surface area contributed by atoms with Crippen molar-refractivity contribution in [1.82, 2.24) is 0 Å². The molecule has 0 aliphatic heterocycles. The first kappa shape index (κ1) is 5.36. The molecule has 38 valence electrons. The van der Waals surface area contributed by atoms with Gasteiger partial charge in [0, 0.05) is 6.92 Å². The molecule has 0 aliphatic carbocycles. The van der Waals surface area contributed by atoms with Gasteiger partial charge in [0.1, 0.15) is 0 Å². The molecular formula is C8H6. The van der Waals surface area contributed by atoms with Crippen LogP contribution in [0.4, 0.5) is 0 Å². The molecule has 0 heteroatoms. The molecule has 0 spiro atoms. The summed E-state index contributed by atoms with van der Waals surface area (Å²) in [6.45, 7) is 9.02. The molecule has 1 rings (SSSR count). The topological polar surface area (TPSA) is 0 Å². The van der Waals surface area contributed by atoms with Gasteiger partial charge in [-0.3, -0.25) is 0 Å². The molecule has 0 N–H and O–H groups in total. The van der Waals surface area contributed by atoms with E-state index in [9.17, 15) is 0 Å². The van der Waals surface area contributed by atoms with Crippen molar-refractivity contribution in [2.45, 2.75) is 6.92 Å². The van der Waals surface area contributed by atoms with Crippen molar-refractivity contribution in [2.75, 3.05) is 0 Å². The van der Waals surface area contributed by atoms with Gasteiger partial charge in [-0.1, -0.05) is 23.8 Å². The SMILES string of the molecule is [C]c1[c]cc(C)cc1. The maximum absolute atomic E-state index is 7.04. The highest BCUT2D eigenvalue weighted by atomic mass is 13.9. The van der Waals surface area contributed by atoms with Crippen molar-refractivity contribution in [1.29, 1.82) is 0 Å². The Morgan fingerprint density at radius 3 is 2.62 bits per heavy atom. The minimum atomic E-state index is 0.454. The molecule has 1 aromatic carbocycles. The molecular weight excluding hydrogens is 96.1 g/mol. The Morgan fingerprint density at radius 2 is 2.25 bits per heavy atom. The Hall–Kier alpha value is -0.780. The lowest BCUT2D eigenvalue weighted by molar-refractivity contribution is 1.44. The highest BCUT2D eigenvalue weighted by Crippen LogP contribution is 1.98. The Labute approximate surface area is 50.2 Å². The smallest absolute Gasteiger partial charge is 0.0306 e. The van der Waals surface area contributed by atoms with Gasteiger partial charge >= 0.3 is 0 Å². The zero-order chi connectivity index (χ0) is 5.98. The monoisotopic (exact) mass is 102 g/mol. The molecule has 0 nitrogen and oxygen atoms in total. The predicted octanol–water partition coefficient (Wildman–Crippen LogP) is 1.73. The van der Waals surface area contributed by atoms with Gasteiger partial charge in [0.2, 0.25) is 0 Å². The summed E-state index contributed by atoms with van der Waals surface area (Å²) in [5.41, 5.74) is 1.61. The summed E-state index contributed by atoms with van der Waals surface area (Å²) in [4.78, 5) is 0. The van der Waals surface area contributed by atoms with Gasteiger partial charge in [-0.25, -0.2) is 0 Å². The molecule has 0 bridgehead atoms. The first-order chi connectivity index (χ1) is 3.79. The fourth-order valence-electron chi connectivity index (χ4n) is 0.503. The van der Waals surface area contributed by atoms with E-state index >= 15 is 0 Å². The first-order valence-corrected chi connectivity index (χ1v) is 2.49. The van der Waals surface area contributed by atoms with E-state index in [0.717, 1.165) is 5.56 Å². The van der Waals surface area contributed by atoms with E-state index in [4.69, 9.17) is 6.92 Å². The van der Waals surface area contributed by atoms with E-state index in [1.54, 1.807) is 6.07 Å². The summed E-state index contributed by atoms with van der Waals surface area (Å²) < 4.78 is 0. The summed E-state index contributed by atoms with van der Waals surface area (Å²) in [7, 11) is 0. The third-order valence-corrected chi connectivity index (χ3v) is 0.968. The second kappa shape index (κ2) is 1.99. The van der Waals surface area contributed by atoms with E-state index in [0.29, 0.717) is 5.56 Å². The highest BCUT2D eigenvalue weighted by Gasteiger charge is 1.81. The van der Waals surface area contributed by atoms with Crippen LogP contribution in [0.15, 0.2) is 18.2 Å². The number of aryl methyl sites for hydroxylation is 1. The van der Waals surface area contributed by atoms with Crippen molar-refractivity contribution in [3.63, 3.8) is 0 Å². The maximum atomic E-state index is 7.04. The van der Waals surface area contributed by atoms with Crippen LogP contribution in [0.5, 0.6) is 0 Å². The van der Waals surface area contributed by atoms with E-state index in [2.05, 4.69) is 6.07 Å². The fraction of sp³-hybridized carbons (Fsp3) is 0.125. The van der Waals surface area contributed by atoms with Crippen molar-refractivity contribution in [3.8, 4) is 0 Å². The molecule has 0 fully saturated rings. The number of rotatable bonds is 0. The van der Waals surface area contributed by atoms with E-state index in [-0.39, 0.29) is 0 Å². The zero-order valence-electron chi connectivity index (χ0n) is 4.73. The van der Waals surface area contributed by atoms with Crippen molar-refractivity contribution in [3.05, 3.63) is 42.3 Å². The summed E-state index contributed by atoms with van der Waals surface area (Å²) in [6.07, 6.45) is 0. The second-order valence-electron chi connectivity index (χ2n) is 1.78. The van der Waals surface area contributed by atoms with Crippen molar-refractivity contribution >= 4 is 0 Å². The lowest BCUT2D eigenvalue weighted by Crippen LogP contribution is -1.71. The summed E-state index contributed by atoms with van der Waals surface area (Å²) in [5.74, 6) is 0. The Bertz CT molecular complexity index is 139. The largest absolute Gasteiger partial charge is 0.0590 e. The number of hydrogen-bond donors (Lipinski definition) is 0. The van der Waals surface area contributed by atoms with Gasteiger partial charge in [0.05, 0.1) is 0 Å². The highest BCUT2D eigenvalue weighted by molar-refractivity contribution is 5.21. The van der Waals surface area contributed by atoms with E-state index in [1.165, 1.54) is 0 Å². The van der Waals surface area contributed by atoms with Crippen LogP contribution in [0.1, 0.15) is 11.1 Å². The zero-order valence-corrected chi connectivity index (χ0v) is 4.73. The normalized spacial score (nSPS) is 9.25. The molecule has 0 amide bonds. The third kappa shape index (κ3) is 1.09. The first-order valence-electron chi connectivity index (χ1n) is 2.49. The lowest BCUT2D eigenvalue weighted by Gasteiger charge is -1.88. The van der Waals surface area contributed by atoms with Crippen molar-refractivity contribution in [2.24, 2.45) is 0 Å².